The van der Waals surface area contributed by atoms with Crippen molar-refractivity contribution in [1.82, 2.24) is 19.9 Å². The van der Waals surface area contributed by atoms with E-state index < -0.39 is 0 Å². The van der Waals surface area contributed by atoms with Crippen molar-refractivity contribution in [3.63, 3.8) is 0 Å². The molecule has 166 valence electrons. The Bertz CT molecular complexity index is 1710. The van der Waals surface area contributed by atoms with Crippen molar-refractivity contribution in [2.24, 2.45) is 0 Å². The zero-order valence-electron chi connectivity index (χ0n) is 20.4. The van der Waals surface area contributed by atoms with Crippen molar-refractivity contribution in [3.05, 3.63) is 69.3 Å². The molecular weight excluding hydrogens is 416 g/mol. The summed E-state index contributed by atoms with van der Waals surface area (Å²) in [6, 6.07) is 8.44. The first-order valence-electron chi connectivity index (χ1n) is 11.4. The van der Waals surface area contributed by atoms with Crippen LogP contribution >= 0.6 is 0 Å². The Morgan fingerprint density at radius 3 is 2.00 bits per heavy atom. The molecule has 2 aliphatic rings. The number of hydrogen-bond donors (Lipinski definition) is 2. The van der Waals surface area contributed by atoms with Gasteiger partial charge in [0.25, 0.3) is 0 Å². The quantitative estimate of drug-likeness (QED) is 0.379. The van der Waals surface area contributed by atoms with Gasteiger partial charge in [0.05, 0.1) is 39.4 Å². The van der Waals surface area contributed by atoms with Crippen LogP contribution in [0.1, 0.15) is 65.8 Å². The maximum absolute atomic E-state index is 4.97. The summed E-state index contributed by atoms with van der Waals surface area (Å²) in [6.45, 7) is 12.1. The maximum Gasteiger partial charge on any atom is 0.0815 e. The van der Waals surface area contributed by atoms with Crippen LogP contribution in [0.4, 0.5) is 0 Å². The summed E-state index contributed by atoms with van der Waals surface area (Å²) in [5.41, 5.74) is 14.0. The minimum Gasteiger partial charge on any atom is -0.355 e. The van der Waals surface area contributed by atoms with Gasteiger partial charge < -0.3 is 9.97 Å². The van der Waals surface area contributed by atoms with E-state index in [0.717, 1.165) is 72.7 Å². The highest BCUT2D eigenvalue weighted by atomic mass is 14.8. The summed E-state index contributed by atoms with van der Waals surface area (Å²) in [6.07, 6.45) is 4.21. The van der Waals surface area contributed by atoms with Gasteiger partial charge in [-0.05, 0) is 100 Å². The minimum absolute atomic E-state index is 0.834. The second kappa shape index (κ2) is 8.25. The van der Waals surface area contributed by atoms with Crippen molar-refractivity contribution < 1.29 is 0 Å². The normalized spacial score (nSPS) is 12.3. The first-order chi connectivity index (χ1) is 16.4. The summed E-state index contributed by atoms with van der Waals surface area (Å²) in [5, 5.41) is 0. The van der Waals surface area contributed by atoms with Gasteiger partial charge in [0.2, 0.25) is 0 Å². The number of aromatic nitrogens is 4. The predicted octanol–water partition coefficient (Wildman–Crippen LogP) is 6.74. The minimum atomic E-state index is 0.834. The molecule has 0 saturated carbocycles. The van der Waals surface area contributed by atoms with E-state index in [0.29, 0.717) is 0 Å². The largest absolute Gasteiger partial charge is 0.355 e. The van der Waals surface area contributed by atoms with Gasteiger partial charge in [-0.1, -0.05) is 11.8 Å². The van der Waals surface area contributed by atoms with E-state index in [4.69, 9.17) is 9.97 Å². The summed E-state index contributed by atoms with van der Waals surface area (Å²) in [5.74, 6) is 12.5. The zero-order valence-corrected chi connectivity index (χ0v) is 20.4. The first-order valence-corrected chi connectivity index (χ1v) is 11.4. The molecule has 0 aliphatic carbocycles. The molecule has 0 unspecified atom stereocenters. The third-order valence-corrected chi connectivity index (χ3v) is 6.36. The molecule has 2 aliphatic heterocycles. The molecular formula is C30H26N4. The smallest absolute Gasteiger partial charge is 0.0815 e. The van der Waals surface area contributed by atoms with Crippen LogP contribution in [0.15, 0.2) is 24.3 Å². The van der Waals surface area contributed by atoms with E-state index >= 15 is 0 Å². The molecule has 5 rings (SSSR count). The van der Waals surface area contributed by atoms with E-state index in [2.05, 4.69) is 91.7 Å². The second-order valence-electron chi connectivity index (χ2n) is 8.73. The SMILES string of the molecule is CC#CC1=Cc2nc1cc1[nH]c(cc1C#CC)c(C)c1nc(cc3[nH]c(cc3C)c2C)C(C)=C1. The van der Waals surface area contributed by atoms with Crippen LogP contribution in [0.25, 0.3) is 45.4 Å². The number of aryl methyl sites for hydroxylation is 3. The summed E-state index contributed by atoms with van der Waals surface area (Å²) < 4.78 is 0. The van der Waals surface area contributed by atoms with Gasteiger partial charge in [0, 0.05) is 16.6 Å². The molecule has 0 saturated heterocycles. The lowest BCUT2D eigenvalue weighted by atomic mass is 10.1. The molecule has 0 aromatic carbocycles. The number of rotatable bonds is 0. The Hall–Kier alpha value is -4.28. The molecule has 3 aromatic heterocycles. The molecule has 4 heteroatoms. The van der Waals surface area contributed by atoms with Gasteiger partial charge in [0.1, 0.15) is 0 Å². The molecule has 0 atom stereocenters. The van der Waals surface area contributed by atoms with E-state index in [9.17, 15) is 0 Å². The van der Waals surface area contributed by atoms with E-state index in [1.807, 2.05) is 19.9 Å². The van der Waals surface area contributed by atoms with Gasteiger partial charge in [0.15, 0.2) is 0 Å². The van der Waals surface area contributed by atoms with Crippen LogP contribution in [0.5, 0.6) is 0 Å². The van der Waals surface area contributed by atoms with Gasteiger partial charge in [-0.25, -0.2) is 9.97 Å². The maximum atomic E-state index is 4.97. The van der Waals surface area contributed by atoms with E-state index in [-0.39, 0.29) is 0 Å². The lowest BCUT2D eigenvalue weighted by Crippen LogP contribution is -1.83. The number of allylic oxidation sites excluding steroid dienone is 2. The molecule has 2 N–H and O–H groups in total. The lowest BCUT2D eigenvalue weighted by molar-refractivity contribution is 1.26. The summed E-state index contributed by atoms with van der Waals surface area (Å²) >= 11 is 0. The van der Waals surface area contributed by atoms with Crippen LogP contribution in [-0.4, -0.2) is 19.9 Å². The van der Waals surface area contributed by atoms with Crippen molar-refractivity contribution >= 4 is 45.4 Å². The number of hydrogen-bond acceptors (Lipinski definition) is 2. The number of nitrogens with zero attached hydrogens (tertiary/aromatic N) is 2. The predicted molar refractivity (Wildman–Crippen MR) is 143 cm³/mol. The Labute approximate surface area is 199 Å². The van der Waals surface area contributed by atoms with Crippen LogP contribution < -0.4 is 0 Å². The van der Waals surface area contributed by atoms with Crippen LogP contribution in [0, 0.1) is 44.5 Å². The Kier molecular flexibility index (Phi) is 5.23. The Morgan fingerprint density at radius 1 is 0.647 bits per heavy atom. The highest BCUT2D eigenvalue weighted by Gasteiger charge is 2.14. The van der Waals surface area contributed by atoms with Crippen molar-refractivity contribution in [2.45, 2.75) is 41.5 Å². The van der Waals surface area contributed by atoms with Crippen molar-refractivity contribution in [2.75, 3.05) is 0 Å². The molecule has 4 nitrogen and oxygen atoms in total. The Balaban J connectivity index is 1.99. The van der Waals surface area contributed by atoms with Crippen LogP contribution in [-0.2, 0) is 0 Å². The molecule has 0 spiro atoms. The highest BCUT2D eigenvalue weighted by molar-refractivity contribution is 5.94. The molecule has 8 bridgehead atoms. The molecule has 34 heavy (non-hydrogen) atoms. The molecule has 0 amide bonds. The van der Waals surface area contributed by atoms with E-state index in [1.54, 1.807) is 0 Å². The van der Waals surface area contributed by atoms with Gasteiger partial charge in [-0.3, -0.25) is 0 Å². The first kappa shape index (κ1) is 21.6. The molecule has 5 heterocycles. The van der Waals surface area contributed by atoms with Gasteiger partial charge in [-0.2, -0.15) is 0 Å². The number of aromatic amines is 2. The topological polar surface area (TPSA) is 57.4 Å². The van der Waals surface area contributed by atoms with Gasteiger partial charge in [-0.15, -0.1) is 11.8 Å². The average molecular weight is 443 g/mol. The molecule has 3 aromatic rings. The zero-order chi connectivity index (χ0) is 24.0. The molecule has 0 fully saturated rings. The van der Waals surface area contributed by atoms with Crippen molar-refractivity contribution in [1.29, 1.82) is 0 Å². The standard InChI is InChI=1S/C30H26N4/c1-7-9-21-13-27-19(5)25-11-17(3)23(31-25)15-24-18(4)12-26(32-24)20(6)28-14-22(10-8-2)30(34-28)16-29(21)33-27/h11-16,31,34H,1-6H3. The van der Waals surface area contributed by atoms with Crippen LogP contribution in [0.3, 0.4) is 0 Å². The number of H-pyrrole nitrogens is 2. The third kappa shape index (κ3) is 3.64. The second-order valence-corrected chi connectivity index (χ2v) is 8.73. The van der Waals surface area contributed by atoms with Crippen LogP contribution in [0.2, 0.25) is 0 Å². The lowest BCUT2D eigenvalue weighted by Gasteiger charge is -1.94. The number of nitrogens with one attached hydrogen (secondary N) is 2. The fourth-order valence-electron chi connectivity index (χ4n) is 4.34. The monoisotopic (exact) mass is 442 g/mol. The summed E-state index contributed by atoms with van der Waals surface area (Å²) in [7, 11) is 0. The highest BCUT2D eigenvalue weighted by Crippen LogP contribution is 2.29. The summed E-state index contributed by atoms with van der Waals surface area (Å²) in [4.78, 5) is 17.1. The van der Waals surface area contributed by atoms with Crippen molar-refractivity contribution in [3.8, 4) is 23.7 Å². The molecule has 0 radical (unpaired) electrons. The fourth-order valence-corrected chi connectivity index (χ4v) is 4.34. The number of fused-ring (bicyclic) bond motifs is 8. The third-order valence-electron chi connectivity index (χ3n) is 6.36. The Morgan fingerprint density at radius 2 is 1.26 bits per heavy atom. The van der Waals surface area contributed by atoms with Gasteiger partial charge >= 0.3 is 0 Å². The van der Waals surface area contributed by atoms with E-state index in [1.165, 1.54) is 5.56 Å². The average Bonchev–Trinajstić information content (AvgIpc) is 3.56. The fraction of sp³-hybridized carbons (Fsp3) is 0.200.